The second-order valence-corrected chi connectivity index (χ2v) is 4.58. The minimum atomic E-state index is -0.726. The summed E-state index contributed by atoms with van der Waals surface area (Å²) in [7, 11) is 0. The van der Waals surface area contributed by atoms with E-state index >= 15 is 0 Å². The number of hydrogen-bond donors (Lipinski definition) is 1. The highest BCUT2D eigenvalue weighted by molar-refractivity contribution is 5.65. The largest absolute Gasteiger partial charge is 0.441 e. The molecule has 19 heavy (non-hydrogen) atoms. The molecule has 0 aromatic heterocycles. The van der Waals surface area contributed by atoms with Crippen molar-refractivity contribution in [1.82, 2.24) is 4.90 Å². The molecule has 2 rings (SSSR count). The van der Waals surface area contributed by atoms with E-state index in [1.807, 2.05) is 30.3 Å². The van der Waals surface area contributed by atoms with Crippen molar-refractivity contribution in [3.63, 3.8) is 0 Å². The maximum Gasteiger partial charge on any atom is 0.405 e. The Morgan fingerprint density at radius 2 is 2.00 bits per heavy atom. The van der Waals surface area contributed by atoms with Gasteiger partial charge in [-0.25, -0.2) is 4.79 Å². The highest BCUT2D eigenvalue weighted by Gasteiger charge is 2.18. The van der Waals surface area contributed by atoms with Gasteiger partial charge in [0.1, 0.15) is 6.10 Å². The molecule has 0 spiro atoms. The zero-order valence-corrected chi connectivity index (χ0v) is 11.0. The summed E-state index contributed by atoms with van der Waals surface area (Å²) < 4.78 is 10.5. The molecule has 1 aliphatic rings. The van der Waals surface area contributed by atoms with E-state index in [0.29, 0.717) is 0 Å². The smallest absolute Gasteiger partial charge is 0.405 e. The van der Waals surface area contributed by atoms with Crippen molar-refractivity contribution in [3.05, 3.63) is 35.9 Å². The fraction of sp³-hybridized carbons (Fsp3) is 0.500. The summed E-state index contributed by atoms with van der Waals surface area (Å²) in [5, 5.41) is 0. The Morgan fingerprint density at radius 1 is 1.32 bits per heavy atom. The molecule has 1 heterocycles. The first-order chi connectivity index (χ1) is 9.25. The van der Waals surface area contributed by atoms with E-state index in [0.717, 1.165) is 44.8 Å². The van der Waals surface area contributed by atoms with Crippen molar-refractivity contribution < 1.29 is 14.3 Å². The van der Waals surface area contributed by atoms with Crippen molar-refractivity contribution >= 4 is 6.09 Å². The summed E-state index contributed by atoms with van der Waals surface area (Å²) in [4.78, 5) is 13.3. The fourth-order valence-electron chi connectivity index (χ4n) is 2.23. The van der Waals surface area contributed by atoms with Crippen LogP contribution in [0, 0.1) is 0 Å². The lowest BCUT2D eigenvalue weighted by atomic mass is 10.1. The molecule has 0 saturated carbocycles. The third-order valence-electron chi connectivity index (χ3n) is 3.24. The average Bonchev–Trinajstić information content (AvgIpc) is 2.45. The van der Waals surface area contributed by atoms with E-state index in [1.165, 1.54) is 0 Å². The predicted octanol–water partition coefficient (Wildman–Crippen LogP) is 1.55. The third kappa shape index (κ3) is 4.54. The van der Waals surface area contributed by atoms with Crippen LogP contribution in [0.5, 0.6) is 0 Å². The molecule has 1 fully saturated rings. The number of morpholine rings is 1. The molecule has 1 saturated heterocycles. The number of rotatable bonds is 5. The van der Waals surface area contributed by atoms with Gasteiger partial charge in [0.05, 0.1) is 13.2 Å². The molecule has 5 heteroatoms. The van der Waals surface area contributed by atoms with Crippen LogP contribution in [0.2, 0.25) is 0 Å². The number of nitrogens with two attached hydrogens (primary N) is 1. The third-order valence-corrected chi connectivity index (χ3v) is 3.24. The van der Waals surface area contributed by atoms with Gasteiger partial charge in [-0.2, -0.15) is 0 Å². The summed E-state index contributed by atoms with van der Waals surface area (Å²) in [6.45, 7) is 4.27. The Morgan fingerprint density at radius 3 is 2.63 bits per heavy atom. The van der Waals surface area contributed by atoms with Crippen LogP contribution in [0.15, 0.2) is 30.3 Å². The topological polar surface area (TPSA) is 64.8 Å². The van der Waals surface area contributed by atoms with Gasteiger partial charge in [-0.15, -0.1) is 0 Å². The SMILES string of the molecule is NC(=O)O[C@H](CCN1CCOCC1)c1ccccc1. The molecule has 2 N–H and O–H groups in total. The lowest BCUT2D eigenvalue weighted by Gasteiger charge is -2.28. The van der Waals surface area contributed by atoms with Gasteiger partial charge in [0.15, 0.2) is 0 Å². The number of ether oxygens (including phenoxy) is 2. The molecular formula is C14H20N2O3. The Balaban J connectivity index is 1.92. The van der Waals surface area contributed by atoms with E-state index in [9.17, 15) is 4.79 Å². The monoisotopic (exact) mass is 264 g/mol. The highest BCUT2D eigenvalue weighted by Crippen LogP contribution is 2.21. The molecule has 0 radical (unpaired) electrons. The number of amides is 1. The van der Waals surface area contributed by atoms with Crippen molar-refractivity contribution in [2.75, 3.05) is 32.8 Å². The number of carbonyl (C=O) groups is 1. The highest BCUT2D eigenvalue weighted by atomic mass is 16.6. The van der Waals surface area contributed by atoms with Crippen molar-refractivity contribution in [2.45, 2.75) is 12.5 Å². The molecular weight excluding hydrogens is 244 g/mol. The van der Waals surface area contributed by atoms with E-state index in [2.05, 4.69) is 4.90 Å². The molecule has 1 atom stereocenters. The zero-order valence-electron chi connectivity index (χ0n) is 11.0. The van der Waals surface area contributed by atoms with Gasteiger partial charge < -0.3 is 15.2 Å². The second kappa shape index (κ2) is 7.11. The number of benzene rings is 1. The molecule has 0 bridgehead atoms. The first-order valence-electron chi connectivity index (χ1n) is 6.57. The Labute approximate surface area is 113 Å². The van der Waals surface area contributed by atoms with Gasteiger partial charge in [-0.3, -0.25) is 4.90 Å². The molecule has 1 aromatic rings. The number of carbonyl (C=O) groups excluding carboxylic acids is 1. The van der Waals surface area contributed by atoms with Crippen molar-refractivity contribution in [3.8, 4) is 0 Å². The van der Waals surface area contributed by atoms with Crippen LogP contribution in [-0.2, 0) is 9.47 Å². The maximum absolute atomic E-state index is 11.0. The van der Waals surface area contributed by atoms with Gasteiger partial charge in [0.25, 0.3) is 0 Å². The first kappa shape index (κ1) is 13.8. The molecule has 0 unspecified atom stereocenters. The Kier molecular flexibility index (Phi) is 5.18. The van der Waals surface area contributed by atoms with Crippen molar-refractivity contribution in [2.24, 2.45) is 5.73 Å². The van der Waals surface area contributed by atoms with E-state index < -0.39 is 6.09 Å². The molecule has 1 aliphatic heterocycles. The van der Waals surface area contributed by atoms with Crippen LogP contribution in [0.3, 0.4) is 0 Å². The molecule has 5 nitrogen and oxygen atoms in total. The van der Waals surface area contributed by atoms with Gasteiger partial charge in [-0.05, 0) is 5.56 Å². The zero-order chi connectivity index (χ0) is 13.5. The average molecular weight is 264 g/mol. The Bertz CT molecular complexity index is 391. The molecule has 104 valence electrons. The maximum atomic E-state index is 11.0. The van der Waals surface area contributed by atoms with Crippen LogP contribution >= 0.6 is 0 Å². The Hall–Kier alpha value is -1.59. The van der Waals surface area contributed by atoms with Crippen LogP contribution in [0.1, 0.15) is 18.1 Å². The van der Waals surface area contributed by atoms with Crippen LogP contribution in [0.25, 0.3) is 0 Å². The van der Waals surface area contributed by atoms with Crippen LogP contribution in [0.4, 0.5) is 4.79 Å². The standard InChI is InChI=1S/C14H20N2O3/c15-14(17)19-13(12-4-2-1-3-5-12)6-7-16-8-10-18-11-9-16/h1-5,13H,6-11H2,(H2,15,17)/t13-/m1/s1. The summed E-state index contributed by atoms with van der Waals surface area (Å²) >= 11 is 0. The van der Waals surface area contributed by atoms with Gasteiger partial charge in [0.2, 0.25) is 0 Å². The number of primary amides is 1. The minimum Gasteiger partial charge on any atom is -0.441 e. The minimum absolute atomic E-state index is 0.276. The van der Waals surface area contributed by atoms with Gasteiger partial charge in [0, 0.05) is 26.1 Å². The summed E-state index contributed by atoms with van der Waals surface area (Å²) in [5.41, 5.74) is 6.13. The van der Waals surface area contributed by atoms with Gasteiger partial charge >= 0.3 is 6.09 Å². The number of nitrogens with zero attached hydrogens (tertiary/aromatic N) is 1. The molecule has 0 aliphatic carbocycles. The normalized spacial score (nSPS) is 17.9. The quantitative estimate of drug-likeness (QED) is 0.876. The summed E-state index contributed by atoms with van der Waals surface area (Å²) in [6, 6.07) is 9.70. The first-order valence-corrected chi connectivity index (χ1v) is 6.57. The molecule has 1 amide bonds. The second-order valence-electron chi connectivity index (χ2n) is 4.58. The van der Waals surface area contributed by atoms with Crippen LogP contribution < -0.4 is 5.73 Å². The van der Waals surface area contributed by atoms with E-state index in [4.69, 9.17) is 15.2 Å². The molecule has 1 aromatic carbocycles. The van der Waals surface area contributed by atoms with Crippen LogP contribution in [-0.4, -0.2) is 43.8 Å². The lowest BCUT2D eigenvalue weighted by Crippen LogP contribution is -2.37. The van der Waals surface area contributed by atoms with Gasteiger partial charge in [-0.1, -0.05) is 30.3 Å². The van der Waals surface area contributed by atoms with Crippen molar-refractivity contribution in [1.29, 1.82) is 0 Å². The van der Waals surface area contributed by atoms with E-state index in [1.54, 1.807) is 0 Å². The summed E-state index contributed by atoms with van der Waals surface area (Å²) in [6.07, 6.45) is -0.259. The fourth-order valence-corrected chi connectivity index (χ4v) is 2.23. The van der Waals surface area contributed by atoms with E-state index in [-0.39, 0.29) is 6.10 Å². The number of hydrogen-bond acceptors (Lipinski definition) is 4. The predicted molar refractivity (Wildman–Crippen MR) is 71.7 cm³/mol. The summed E-state index contributed by atoms with van der Waals surface area (Å²) in [5.74, 6) is 0. The lowest BCUT2D eigenvalue weighted by molar-refractivity contribution is 0.0277.